The smallest absolute Gasteiger partial charge is 0.306 e. The molecule has 0 aromatic heterocycles. The maximum Gasteiger partial charge on any atom is 0.306 e. The Morgan fingerprint density at radius 2 is 1.95 bits per heavy atom. The summed E-state index contributed by atoms with van der Waals surface area (Å²) in [5.41, 5.74) is 1.16. The number of hydrogen-bond acceptors (Lipinski definition) is 4. The molecule has 0 unspecified atom stereocenters. The van der Waals surface area contributed by atoms with Crippen molar-refractivity contribution in [2.24, 2.45) is 5.92 Å². The van der Waals surface area contributed by atoms with E-state index in [-0.39, 0.29) is 5.92 Å². The standard InChI is InChI=1S/C15H19NO4/c17-15(18)11-2-4-12(5-3-11)16-8-10-1-6-13-14(7-10)20-9-19-13/h1,6-7,11-12,16H,2-5,8-9H2,(H,17,18). The third kappa shape index (κ3) is 2.88. The Bertz CT molecular complexity index is 495. The van der Waals surface area contributed by atoms with Crippen LogP contribution in [0.1, 0.15) is 31.2 Å². The molecular formula is C15H19NO4. The highest BCUT2D eigenvalue weighted by Gasteiger charge is 2.25. The molecule has 3 rings (SSSR count). The summed E-state index contributed by atoms with van der Waals surface area (Å²) in [4.78, 5) is 10.9. The Morgan fingerprint density at radius 1 is 1.20 bits per heavy atom. The van der Waals surface area contributed by atoms with Crippen LogP contribution in [0.15, 0.2) is 18.2 Å². The number of carboxylic acid groups (broad SMARTS) is 1. The van der Waals surface area contributed by atoms with Crippen LogP contribution >= 0.6 is 0 Å². The van der Waals surface area contributed by atoms with Crippen LogP contribution in [0.4, 0.5) is 0 Å². The van der Waals surface area contributed by atoms with E-state index in [1.54, 1.807) is 0 Å². The van der Waals surface area contributed by atoms with Gasteiger partial charge in [0, 0.05) is 12.6 Å². The Labute approximate surface area is 117 Å². The fraction of sp³-hybridized carbons (Fsp3) is 0.533. The van der Waals surface area contributed by atoms with E-state index in [0.717, 1.165) is 49.3 Å². The summed E-state index contributed by atoms with van der Waals surface area (Å²) in [6.07, 6.45) is 3.41. The van der Waals surface area contributed by atoms with Crippen LogP contribution < -0.4 is 14.8 Å². The topological polar surface area (TPSA) is 67.8 Å². The molecule has 0 radical (unpaired) electrons. The number of carboxylic acids is 1. The van der Waals surface area contributed by atoms with Gasteiger partial charge in [-0.1, -0.05) is 6.07 Å². The molecule has 108 valence electrons. The molecule has 1 fully saturated rings. The van der Waals surface area contributed by atoms with Gasteiger partial charge >= 0.3 is 5.97 Å². The minimum atomic E-state index is -0.653. The summed E-state index contributed by atoms with van der Waals surface area (Å²) in [6.45, 7) is 1.07. The Morgan fingerprint density at radius 3 is 2.70 bits per heavy atom. The van der Waals surface area contributed by atoms with E-state index in [0.29, 0.717) is 12.8 Å². The Hall–Kier alpha value is -1.75. The van der Waals surface area contributed by atoms with Gasteiger partial charge < -0.3 is 19.9 Å². The summed E-state index contributed by atoms with van der Waals surface area (Å²) in [5, 5.41) is 12.5. The summed E-state index contributed by atoms with van der Waals surface area (Å²) >= 11 is 0. The van der Waals surface area contributed by atoms with Crippen molar-refractivity contribution < 1.29 is 19.4 Å². The van der Waals surface area contributed by atoms with Crippen molar-refractivity contribution in [3.63, 3.8) is 0 Å². The lowest BCUT2D eigenvalue weighted by Crippen LogP contribution is -2.34. The number of fused-ring (bicyclic) bond motifs is 1. The van der Waals surface area contributed by atoms with E-state index in [1.807, 2.05) is 18.2 Å². The first-order chi connectivity index (χ1) is 9.72. The van der Waals surface area contributed by atoms with E-state index in [9.17, 15) is 4.79 Å². The van der Waals surface area contributed by atoms with Crippen LogP contribution in [-0.4, -0.2) is 23.9 Å². The third-order valence-electron chi connectivity index (χ3n) is 4.11. The number of carbonyl (C=O) groups is 1. The molecule has 2 aliphatic rings. The molecule has 0 atom stereocenters. The van der Waals surface area contributed by atoms with Gasteiger partial charge in [0.1, 0.15) is 0 Å². The second-order valence-corrected chi connectivity index (χ2v) is 5.46. The summed E-state index contributed by atoms with van der Waals surface area (Å²) < 4.78 is 10.6. The van der Waals surface area contributed by atoms with Crippen LogP contribution in [0.2, 0.25) is 0 Å². The molecule has 5 heteroatoms. The average molecular weight is 277 g/mol. The fourth-order valence-electron chi connectivity index (χ4n) is 2.86. The molecule has 1 aliphatic carbocycles. The number of benzene rings is 1. The number of aliphatic carboxylic acids is 1. The number of rotatable bonds is 4. The van der Waals surface area contributed by atoms with E-state index in [2.05, 4.69) is 5.32 Å². The van der Waals surface area contributed by atoms with Crippen LogP contribution in [-0.2, 0) is 11.3 Å². The first-order valence-corrected chi connectivity index (χ1v) is 7.07. The van der Waals surface area contributed by atoms with Gasteiger partial charge in [-0.25, -0.2) is 0 Å². The molecule has 1 aromatic carbocycles. The van der Waals surface area contributed by atoms with Crippen molar-refractivity contribution in [3.8, 4) is 11.5 Å². The number of hydrogen-bond donors (Lipinski definition) is 2. The minimum Gasteiger partial charge on any atom is -0.481 e. The lowest BCUT2D eigenvalue weighted by molar-refractivity contribution is -0.142. The molecule has 20 heavy (non-hydrogen) atoms. The minimum absolute atomic E-state index is 0.154. The van der Waals surface area contributed by atoms with E-state index < -0.39 is 5.97 Å². The summed E-state index contributed by atoms with van der Waals surface area (Å²) in [5.74, 6) is 0.799. The van der Waals surface area contributed by atoms with Gasteiger partial charge in [-0.2, -0.15) is 0 Å². The van der Waals surface area contributed by atoms with Gasteiger partial charge in [0.05, 0.1) is 5.92 Å². The predicted octanol–water partition coefficient (Wildman–Crippen LogP) is 2.15. The van der Waals surface area contributed by atoms with Gasteiger partial charge in [0.15, 0.2) is 11.5 Å². The fourth-order valence-corrected chi connectivity index (χ4v) is 2.86. The van der Waals surface area contributed by atoms with Gasteiger partial charge in [0.2, 0.25) is 6.79 Å². The van der Waals surface area contributed by atoms with Crippen LogP contribution in [0, 0.1) is 5.92 Å². The van der Waals surface area contributed by atoms with Crippen molar-refractivity contribution >= 4 is 5.97 Å². The van der Waals surface area contributed by atoms with Gasteiger partial charge in [-0.15, -0.1) is 0 Å². The van der Waals surface area contributed by atoms with E-state index >= 15 is 0 Å². The first kappa shape index (κ1) is 13.2. The molecule has 1 saturated carbocycles. The van der Waals surface area contributed by atoms with Crippen molar-refractivity contribution in [1.82, 2.24) is 5.32 Å². The zero-order valence-electron chi connectivity index (χ0n) is 11.3. The SMILES string of the molecule is O=C(O)C1CCC(NCc2ccc3c(c2)OCO3)CC1. The third-order valence-corrected chi connectivity index (χ3v) is 4.11. The summed E-state index contributed by atoms with van der Waals surface area (Å²) in [7, 11) is 0. The predicted molar refractivity (Wildman–Crippen MR) is 72.8 cm³/mol. The van der Waals surface area contributed by atoms with Crippen molar-refractivity contribution in [1.29, 1.82) is 0 Å². The Kier molecular flexibility index (Phi) is 3.78. The number of nitrogens with one attached hydrogen (secondary N) is 1. The summed E-state index contributed by atoms with van der Waals surface area (Å²) in [6, 6.07) is 6.37. The lowest BCUT2D eigenvalue weighted by atomic mass is 9.86. The lowest BCUT2D eigenvalue weighted by Gasteiger charge is -2.27. The van der Waals surface area contributed by atoms with Gasteiger partial charge in [0.25, 0.3) is 0 Å². The molecule has 1 aliphatic heterocycles. The molecule has 0 saturated heterocycles. The number of ether oxygens (including phenoxy) is 2. The van der Waals surface area contributed by atoms with Gasteiger partial charge in [-0.3, -0.25) is 4.79 Å². The molecule has 0 bridgehead atoms. The molecule has 1 aromatic rings. The highest BCUT2D eigenvalue weighted by atomic mass is 16.7. The maximum atomic E-state index is 10.9. The average Bonchev–Trinajstić information content (AvgIpc) is 2.93. The van der Waals surface area contributed by atoms with Crippen molar-refractivity contribution in [3.05, 3.63) is 23.8 Å². The van der Waals surface area contributed by atoms with Crippen molar-refractivity contribution in [2.75, 3.05) is 6.79 Å². The first-order valence-electron chi connectivity index (χ1n) is 7.07. The molecule has 0 spiro atoms. The van der Waals surface area contributed by atoms with E-state index in [1.165, 1.54) is 0 Å². The Balaban J connectivity index is 1.49. The molecule has 5 nitrogen and oxygen atoms in total. The second-order valence-electron chi connectivity index (χ2n) is 5.46. The van der Waals surface area contributed by atoms with E-state index in [4.69, 9.17) is 14.6 Å². The normalized spacial score (nSPS) is 24.6. The quantitative estimate of drug-likeness (QED) is 0.882. The monoisotopic (exact) mass is 277 g/mol. The molecule has 2 N–H and O–H groups in total. The zero-order chi connectivity index (χ0) is 13.9. The molecule has 0 amide bonds. The largest absolute Gasteiger partial charge is 0.481 e. The highest BCUT2D eigenvalue weighted by Crippen LogP contribution is 2.32. The van der Waals surface area contributed by atoms with Crippen molar-refractivity contribution in [2.45, 2.75) is 38.3 Å². The highest BCUT2D eigenvalue weighted by molar-refractivity contribution is 5.70. The maximum absolute atomic E-state index is 10.9. The van der Waals surface area contributed by atoms with Crippen LogP contribution in [0.3, 0.4) is 0 Å². The second kappa shape index (κ2) is 5.71. The van der Waals surface area contributed by atoms with Crippen LogP contribution in [0.25, 0.3) is 0 Å². The zero-order valence-corrected chi connectivity index (χ0v) is 11.3. The molecular weight excluding hydrogens is 258 g/mol. The van der Waals surface area contributed by atoms with Crippen LogP contribution in [0.5, 0.6) is 11.5 Å². The molecule has 1 heterocycles. The van der Waals surface area contributed by atoms with Gasteiger partial charge in [-0.05, 0) is 43.4 Å².